The van der Waals surface area contributed by atoms with E-state index >= 15 is 0 Å². The summed E-state index contributed by atoms with van der Waals surface area (Å²) in [4.78, 5) is 37.8. The van der Waals surface area contributed by atoms with Crippen LogP contribution in [0.4, 0.5) is 0 Å². The van der Waals surface area contributed by atoms with Crippen LogP contribution < -0.4 is 0 Å². The molecule has 6 nitrogen and oxygen atoms in total. The largest absolute Gasteiger partial charge is 0.462 e. The summed E-state index contributed by atoms with van der Waals surface area (Å²) in [6.07, 6.45) is 45.1. The van der Waals surface area contributed by atoms with Crippen molar-refractivity contribution in [2.45, 2.75) is 284 Å². The third-order valence-electron chi connectivity index (χ3n) is 11.3. The van der Waals surface area contributed by atoms with Gasteiger partial charge in [0.05, 0.1) is 0 Å². The molecule has 0 spiro atoms. The van der Waals surface area contributed by atoms with Gasteiger partial charge in [0, 0.05) is 19.3 Å². The van der Waals surface area contributed by atoms with Crippen LogP contribution in [0, 0.1) is 5.92 Å². The first-order chi connectivity index (χ1) is 27.4. The van der Waals surface area contributed by atoms with E-state index in [0.29, 0.717) is 19.3 Å². The zero-order valence-corrected chi connectivity index (χ0v) is 38.1. The number of esters is 3. The third kappa shape index (κ3) is 43.5. The maximum absolute atomic E-state index is 12.7. The summed E-state index contributed by atoms with van der Waals surface area (Å²) in [5, 5.41) is 0. The van der Waals surface area contributed by atoms with E-state index in [-0.39, 0.29) is 31.1 Å². The molecular weight excluding hydrogens is 697 g/mol. The molecule has 0 unspecified atom stereocenters. The molecule has 1 atom stereocenters. The number of ether oxygens (including phenoxy) is 3. The molecule has 0 aliphatic rings. The molecule has 0 aliphatic heterocycles. The van der Waals surface area contributed by atoms with Crippen LogP contribution in [0.2, 0.25) is 0 Å². The predicted molar refractivity (Wildman–Crippen MR) is 238 cm³/mol. The van der Waals surface area contributed by atoms with Gasteiger partial charge in [-0.2, -0.15) is 0 Å². The van der Waals surface area contributed by atoms with Gasteiger partial charge in [-0.15, -0.1) is 0 Å². The number of hydrogen-bond donors (Lipinski definition) is 0. The Hall–Kier alpha value is -1.59. The van der Waals surface area contributed by atoms with E-state index in [4.69, 9.17) is 14.2 Å². The Labute approximate surface area is 348 Å². The summed E-state index contributed by atoms with van der Waals surface area (Å²) < 4.78 is 16.8. The van der Waals surface area contributed by atoms with Crippen molar-refractivity contribution in [2.75, 3.05) is 13.2 Å². The Balaban J connectivity index is 4.32. The lowest BCUT2D eigenvalue weighted by Crippen LogP contribution is -2.30. The van der Waals surface area contributed by atoms with Crippen LogP contribution in [0.15, 0.2) is 0 Å². The molecule has 0 bridgehead atoms. The van der Waals surface area contributed by atoms with E-state index in [9.17, 15) is 14.4 Å². The van der Waals surface area contributed by atoms with Crippen LogP contribution in [0.3, 0.4) is 0 Å². The number of rotatable bonds is 45. The van der Waals surface area contributed by atoms with Gasteiger partial charge in [-0.1, -0.05) is 240 Å². The summed E-state index contributed by atoms with van der Waals surface area (Å²) in [5.74, 6) is -0.0392. The summed E-state index contributed by atoms with van der Waals surface area (Å²) >= 11 is 0. The Bertz CT molecular complexity index is 841. The van der Waals surface area contributed by atoms with Gasteiger partial charge in [0.25, 0.3) is 0 Å². The standard InChI is InChI=1S/C50H96O6/c1-5-7-9-11-13-15-17-19-21-25-29-33-37-41-48(51)54-44-47(45-55-49(52)42-38-34-30-27-23-24-28-32-36-40-46(3)4)56-50(53)43-39-35-31-26-22-20-18-16-14-12-10-8-6-2/h46-47H,5-45H2,1-4H3/t47-/m0/s1. The van der Waals surface area contributed by atoms with Gasteiger partial charge in [0.2, 0.25) is 0 Å². The van der Waals surface area contributed by atoms with Crippen molar-refractivity contribution in [3.63, 3.8) is 0 Å². The second kappa shape index (κ2) is 44.5. The second-order valence-electron chi connectivity index (χ2n) is 17.6. The van der Waals surface area contributed by atoms with E-state index in [2.05, 4.69) is 27.7 Å². The SMILES string of the molecule is CCCCCCCCCCCCCCCC(=O)OC[C@@H](COC(=O)CCCCCCCCCCCC(C)C)OC(=O)CCCCCCCCCCCCCCC. The third-order valence-corrected chi connectivity index (χ3v) is 11.3. The lowest BCUT2D eigenvalue weighted by atomic mass is 10.0. The van der Waals surface area contributed by atoms with E-state index < -0.39 is 6.10 Å². The van der Waals surface area contributed by atoms with Gasteiger partial charge in [-0.3, -0.25) is 14.4 Å². The van der Waals surface area contributed by atoms with Gasteiger partial charge >= 0.3 is 17.9 Å². The molecule has 0 heterocycles. The molecule has 0 saturated heterocycles. The van der Waals surface area contributed by atoms with Crippen molar-refractivity contribution in [3.05, 3.63) is 0 Å². The van der Waals surface area contributed by atoms with E-state index in [0.717, 1.165) is 63.7 Å². The van der Waals surface area contributed by atoms with Crippen LogP contribution >= 0.6 is 0 Å². The van der Waals surface area contributed by atoms with Crippen LogP contribution in [-0.2, 0) is 28.6 Å². The zero-order chi connectivity index (χ0) is 41.0. The number of carbonyl (C=O) groups is 3. The highest BCUT2D eigenvalue weighted by molar-refractivity contribution is 5.71. The van der Waals surface area contributed by atoms with Gasteiger partial charge in [-0.05, 0) is 25.2 Å². The highest BCUT2D eigenvalue weighted by atomic mass is 16.6. The smallest absolute Gasteiger partial charge is 0.306 e. The molecule has 332 valence electrons. The summed E-state index contributed by atoms with van der Waals surface area (Å²) in [7, 11) is 0. The Morgan fingerprint density at radius 3 is 0.875 bits per heavy atom. The molecule has 0 aromatic rings. The average molecular weight is 793 g/mol. The number of unbranched alkanes of at least 4 members (excludes halogenated alkanes) is 32. The minimum atomic E-state index is -0.760. The van der Waals surface area contributed by atoms with E-state index in [1.807, 2.05) is 0 Å². The molecular formula is C50H96O6. The molecule has 0 fully saturated rings. The maximum Gasteiger partial charge on any atom is 0.306 e. The van der Waals surface area contributed by atoms with Crippen molar-refractivity contribution >= 4 is 17.9 Å². The molecule has 0 rings (SSSR count). The zero-order valence-electron chi connectivity index (χ0n) is 38.1. The molecule has 0 amide bonds. The van der Waals surface area contributed by atoms with Gasteiger partial charge < -0.3 is 14.2 Å². The maximum atomic E-state index is 12.7. The first-order valence-electron chi connectivity index (χ1n) is 24.9. The van der Waals surface area contributed by atoms with Crippen LogP contribution in [0.1, 0.15) is 278 Å². The molecule has 0 aromatic heterocycles. The van der Waals surface area contributed by atoms with Crippen LogP contribution in [-0.4, -0.2) is 37.2 Å². The van der Waals surface area contributed by atoms with E-state index in [1.165, 1.54) is 173 Å². The highest BCUT2D eigenvalue weighted by Crippen LogP contribution is 2.17. The summed E-state index contributed by atoms with van der Waals surface area (Å²) in [6, 6.07) is 0. The molecule has 0 aliphatic carbocycles. The van der Waals surface area contributed by atoms with Crippen LogP contribution in [0.5, 0.6) is 0 Å². The quantitative estimate of drug-likeness (QED) is 0.0347. The first-order valence-corrected chi connectivity index (χ1v) is 24.9. The normalized spacial score (nSPS) is 11.9. The van der Waals surface area contributed by atoms with Crippen molar-refractivity contribution < 1.29 is 28.6 Å². The lowest BCUT2D eigenvalue weighted by Gasteiger charge is -2.18. The first kappa shape index (κ1) is 54.4. The summed E-state index contributed by atoms with van der Waals surface area (Å²) in [6.45, 7) is 8.99. The van der Waals surface area contributed by atoms with Crippen molar-refractivity contribution in [1.82, 2.24) is 0 Å². The average Bonchev–Trinajstić information content (AvgIpc) is 3.18. The Morgan fingerprint density at radius 2 is 0.589 bits per heavy atom. The molecule has 0 radical (unpaired) electrons. The van der Waals surface area contributed by atoms with Gasteiger partial charge in [-0.25, -0.2) is 0 Å². The van der Waals surface area contributed by atoms with Crippen LogP contribution in [0.25, 0.3) is 0 Å². The minimum Gasteiger partial charge on any atom is -0.462 e. The molecule has 0 saturated carbocycles. The minimum absolute atomic E-state index is 0.0631. The molecule has 56 heavy (non-hydrogen) atoms. The number of carbonyl (C=O) groups excluding carboxylic acids is 3. The molecule has 6 heteroatoms. The monoisotopic (exact) mass is 793 g/mol. The van der Waals surface area contributed by atoms with Gasteiger partial charge in [0.15, 0.2) is 6.10 Å². The summed E-state index contributed by atoms with van der Waals surface area (Å²) in [5.41, 5.74) is 0. The number of hydrogen-bond acceptors (Lipinski definition) is 6. The van der Waals surface area contributed by atoms with Gasteiger partial charge in [0.1, 0.15) is 13.2 Å². The Kier molecular flexibility index (Phi) is 43.2. The fourth-order valence-corrected chi connectivity index (χ4v) is 7.51. The second-order valence-corrected chi connectivity index (χ2v) is 17.6. The fourth-order valence-electron chi connectivity index (χ4n) is 7.51. The fraction of sp³-hybridized carbons (Fsp3) is 0.940. The predicted octanol–water partition coefficient (Wildman–Crippen LogP) is 15.9. The topological polar surface area (TPSA) is 78.9 Å². The molecule has 0 aromatic carbocycles. The van der Waals surface area contributed by atoms with Crippen molar-refractivity contribution in [2.24, 2.45) is 5.92 Å². The molecule has 0 N–H and O–H groups in total. The lowest BCUT2D eigenvalue weighted by molar-refractivity contribution is -0.167. The van der Waals surface area contributed by atoms with Crippen molar-refractivity contribution in [1.29, 1.82) is 0 Å². The highest BCUT2D eigenvalue weighted by Gasteiger charge is 2.19. The van der Waals surface area contributed by atoms with E-state index in [1.54, 1.807) is 0 Å². The Morgan fingerprint density at radius 1 is 0.339 bits per heavy atom. The van der Waals surface area contributed by atoms with Crippen molar-refractivity contribution in [3.8, 4) is 0 Å².